The van der Waals surface area contributed by atoms with Gasteiger partial charge in [0.1, 0.15) is 6.17 Å². The van der Waals surface area contributed by atoms with Crippen LogP contribution in [0.15, 0.2) is 103 Å². The normalized spacial score (nSPS) is 14.0. The molecule has 0 saturated carbocycles. The molecule has 0 aliphatic carbocycles. The van der Waals surface area contributed by atoms with Gasteiger partial charge < -0.3 is 14.7 Å². The molecule has 33 heavy (non-hydrogen) atoms. The van der Waals surface area contributed by atoms with E-state index in [1.807, 2.05) is 0 Å². The summed E-state index contributed by atoms with van der Waals surface area (Å²) in [4.78, 5) is 7.28. The maximum Gasteiger partial charge on any atom is 0.128 e. The second-order valence-corrected chi connectivity index (χ2v) is 8.92. The molecule has 1 fully saturated rings. The summed E-state index contributed by atoms with van der Waals surface area (Å²) in [6.07, 6.45) is 0.159. The first-order valence-corrected chi connectivity index (χ1v) is 11.7. The van der Waals surface area contributed by atoms with E-state index in [-0.39, 0.29) is 6.17 Å². The monoisotopic (exact) mass is 433 g/mol. The molecule has 5 rings (SSSR count). The summed E-state index contributed by atoms with van der Waals surface area (Å²) in [6, 6.07) is 37.4. The van der Waals surface area contributed by atoms with Crippen LogP contribution in [0, 0.1) is 13.8 Å². The summed E-state index contributed by atoms with van der Waals surface area (Å²) in [7, 11) is 2.12. The lowest BCUT2D eigenvalue weighted by Gasteiger charge is -2.33. The minimum atomic E-state index is 0.159. The van der Waals surface area contributed by atoms with Crippen LogP contribution < -0.4 is 14.7 Å². The molecule has 1 heterocycles. The van der Waals surface area contributed by atoms with Crippen LogP contribution in [0.1, 0.15) is 22.9 Å². The summed E-state index contributed by atoms with van der Waals surface area (Å²) < 4.78 is 0. The van der Waals surface area contributed by atoms with Crippen molar-refractivity contribution in [1.82, 2.24) is 0 Å². The number of para-hydroxylation sites is 1. The molecule has 4 aromatic carbocycles. The van der Waals surface area contributed by atoms with Gasteiger partial charge in [-0.3, -0.25) is 0 Å². The zero-order valence-electron chi connectivity index (χ0n) is 19.6. The van der Waals surface area contributed by atoms with Crippen molar-refractivity contribution < 1.29 is 0 Å². The molecule has 0 aromatic heterocycles. The van der Waals surface area contributed by atoms with E-state index in [1.165, 1.54) is 39.4 Å². The van der Waals surface area contributed by atoms with Crippen LogP contribution in [0.2, 0.25) is 0 Å². The van der Waals surface area contributed by atoms with E-state index in [0.29, 0.717) is 0 Å². The molecular formula is C30H31N3. The first kappa shape index (κ1) is 21.1. The van der Waals surface area contributed by atoms with Crippen molar-refractivity contribution in [2.75, 3.05) is 34.8 Å². The molecule has 0 unspecified atom stereocenters. The van der Waals surface area contributed by atoms with E-state index in [4.69, 9.17) is 0 Å². The number of hydrogen-bond donors (Lipinski definition) is 0. The molecule has 0 atom stereocenters. The Balaban J connectivity index is 1.50. The van der Waals surface area contributed by atoms with E-state index >= 15 is 0 Å². The number of rotatable bonds is 5. The first-order valence-electron chi connectivity index (χ1n) is 11.7. The average molecular weight is 434 g/mol. The first-order chi connectivity index (χ1) is 16.1. The number of anilines is 4. The predicted octanol–water partition coefficient (Wildman–Crippen LogP) is 7.10. The Hall–Kier alpha value is -3.72. The molecule has 3 heteroatoms. The van der Waals surface area contributed by atoms with E-state index in [0.717, 1.165) is 13.1 Å². The van der Waals surface area contributed by atoms with Crippen LogP contribution in [0.5, 0.6) is 0 Å². The van der Waals surface area contributed by atoms with Crippen molar-refractivity contribution >= 4 is 22.7 Å². The predicted molar refractivity (Wildman–Crippen MR) is 141 cm³/mol. The summed E-state index contributed by atoms with van der Waals surface area (Å²) >= 11 is 0. The molecule has 0 bridgehead atoms. The zero-order valence-corrected chi connectivity index (χ0v) is 19.6. The lowest BCUT2D eigenvalue weighted by atomic mass is 10.1. The van der Waals surface area contributed by atoms with Crippen molar-refractivity contribution in [1.29, 1.82) is 0 Å². The van der Waals surface area contributed by atoms with Crippen LogP contribution >= 0.6 is 0 Å². The minimum Gasteiger partial charge on any atom is -0.346 e. The van der Waals surface area contributed by atoms with Gasteiger partial charge in [-0.15, -0.1) is 0 Å². The quantitative estimate of drug-likeness (QED) is 0.332. The SMILES string of the molecule is Cc1ccc(N2CCN(c3ccc(C)cc3)C2c2ccc(N(C)c3ccccc3)cc2)cc1. The average Bonchev–Trinajstić information content (AvgIpc) is 3.30. The fourth-order valence-electron chi connectivity index (χ4n) is 4.67. The van der Waals surface area contributed by atoms with Crippen molar-refractivity contribution in [2.45, 2.75) is 20.0 Å². The fourth-order valence-corrected chi connectivity index (χ4v) is 4.67. The van der Waals surface area contributed by atoms with Gasteiger partial charge in [0.2, 0.25) is 0 Å². The number of hydrogen-bond acceptors (Lipinski definition) is 3. The Kier molecular flexibility index (Phi) is 5.78. The molecule has 0 amide bonds. The molecule has 0 radical (unpaired) electrons. The maximum atomic E-state index is 2.52. The van der Waals surface area contributed by atoms with Gasteiger partial charge in [0, 0.05) is 42.9 Å². The van der Waals surface area contributed by atoms with E-state index in [9.17, 15) is 0 Å². The standard InChI is InChI=1S/C30H31N3/c1-23-9-15-28(16-10-23)32-21-22-33(29-17-11-24(2)12-18-29)30(32)25-13-19-27(20-14-25)31(3)26-7-5-4-6-8-26/h4-20,30H,21-22H2,1-3H3. The molecule has 4 aromatic rings. The molecule has 0 N–H and O–H groups in total. The van der Waals surface area contributed by atoms with Gasteiger partial charge in [0.05, 0.1) is 0 Å². The lowest BCUT2D eigenvalue weighted by molar-refractivity contribution is 0.717. The van der Waals surface area contributed by atoms with Crippen molar-refractivity contribution in [3.05, 3.63) is 120 Å². The van der Waals surface area contributed by atoms with Gasteiger partial charge in [-0.25, -0.2) is 0 Å². The van der Waals surface area contributed by atoms with Crippen molar-refractivity contribution in [2.24, 2.45) is 0 Å². The molecule has 0 spiro atoms. The van der Waals surface area contributed by atoms with Crippen molar-refractivity contribution in [3.63, 3.8) is 0 Å². The van der Waals surface area contributed by atoms with E-state index in [2.05, 4.69) is 139 Å². The van der Waals surface area contributed by atoms with Crippen LogP contribution in [-0.2, 0) is 0 Å². The molecule has 3 nitrogen and oxygen atoms in total. The van der Waals surface area contributed by atoms with Crippen LogP contribution in [-0.4, -0.2) is 20.1 Å². The molecular weight excluding hydrogens is 402 g/mol. The third-order valence-electron chi connectivity index (χ3n) is 6.63. The van der Waals surface area contributed by atoms with Gasteiger partial charge in [-0.05, 0) is 67.9 Å². The lowest BCUT2D eigenvalue weighted by Crippen LogP contribution is -2.31. The van der Waals surface area contributed by atoms with Gasteiger partial charge in [0.15, 0.2) is 0 Å². The Morgan fingerprint density at radius 3 is 1.52 bits per heavy atom. The molecule has 1 aliphatic rings. The van der Waals surface area contributed by atoms with Gasteiger partial charge >= 0.3 is 0 Å². The van der Waals surface area contributed by atoms with Crippen molar-refractivity contribution in [3.8, 4) is 0 Å². The van der Waals surface area contributed by atoms with Crippen LogP contribution in [0.25, 0.3) is 0 Å². The topological polar surface area (TPSA) is 9.72 Å². The highest BCUT2D eigenvalue weighted by Crippen LogP contribution is 2.38. The second kappa shape index (κ2) is 9.03. The molecule has 1 aliphatic heterocycles. The number of aryl methyl sites for hydroxylation is 2. The van der Waals surface area contributed by atoms with Gasteiger partial charge in [-0.2, -0.15) is 0 Å². The van der Waals surface area contributed by atoms with E-state index in [1.54, 1.807) is 0 Å². The van der Waals surface area contributed by atoms with Gasteiger partial charge in [-0.1, -0.05) is 65.7 Å². The number of nitrogens with zero attached hydrogens (tertiary/aromatic N) is 3. The van der Waals surface area contributed by atoms with Crippen LogP contribution in [0.4, 0.5) is 22.7 Å². The Bertz CT molecular complexity index is 1130. The Labute approximate surface area is 197 Å². The third kappa shape index (κ3) is 4.31. The zero-order chi connectivity index (χ0) is 22.8. The molecule has 166 valence electrons. The Morgan fingerprint density at radius 1 is 0.576 bits per heavy atom. The fraction of sp³-hybridized carbons (Fsp3) is 0.200. The summed E-state index contributed by atoms with van der Waals surface area (Å²) in [5.41, 5.74) is 8.80. The second-order valence-electron chi connectivity index (χ2n) is 8.92. The summed E-state index contributed by atoms with van der Waals surface area (Å²) in [5.74, 6) is 0. The summed E-state index contributed by atoms with van der Waals surface area (Å²) in [5, 5.41) is 0. The smallest absolute Gasteiger partial charge is 0.128 e. The highest BCUT2D eigenvalue weighted by atomic mass is 15.4. The van der Waals surface area contributed by atoms with Crippen LogP contribution in [0.3, 0.4) is 0 Å². The largest absolute Gasteiger partial charge is 0.346 e. The third-order valence-corrected chi connectivity index (χ3v) is 6.63. The minimum absolute atomic E-state index is 0.159. The Morgan fingerprint density at radius 2 is 1.03 bits per heavy atom. The van der Waals surface area contributed by atoms with Gasteiger partial charge in [0.25, 0.3) is 0 Å². The maximum absolute atomic E-state index is 2.52. The van der Waals surface area contributed by atoms with E-state index < -0.39 is 0 Å². The summed E-state index contributed by atoms with van der Waals surface area (Å²) in [6.45, 7) is 6.28. The molecule has 1 saturated heterocycles. The number of benzene rings is 4. The highest BCUT2D eigenvalue weighted by Gasteiger charge is 2.33. The highest BCUT2D eigenvalue weighted by molar-refractivity contribution is 5.64.